The van der Waals surface area contributed by atoms with Crippen LogP contribution in [0.2, 0.25) is 0 Å². The van der Waals surface area contributed by atoms with Crippen LogP contribution in [-0.4, -0.2) is 6.29 Å². The van der Waals surface area contributed by atoms with Gasteiger partial charge in [-0.25, -0.2) is 0 Å². The van der Waals surface area contributed by atoms with Crippen molar-refractivity contribution in [1.29, 1.82) is 10.5 Å². The van der Waals surface area contributed by atoms with Gasteiger partial charge in [0.25, 0.3) is 0 Å². The highest BCUT2D eigenvalue weighted by Gasteiger charge is 2.54. The first-order valence-electron chi connectivity index (χ1n) is 6.59. The highest BCUT2D eigenvalue weighted by Crippen LogP contribution is 2.55. The summed E-state index contributed by atoms with van der Waals surface area (Å²) in [5.74, 6) is -0.886. The second kappa shape index (κ2) is 5.31. The molecule has 1 aromatic rings. The van der Waals surface area contributed by atoms with Crippen molar-refractivity contribution in [1.82, 2.24) is 0 Å². The van der Waals surface area contributed by atoms with E-state index in [2.05, 4.69) is 18.7 Å². The predicted molar refractivity (Wildman–Crippen MR) is 75.4 cm³/mol. The van der Waals surface area contributed by atoms with Gasteiger partial charge in [0.2, 0.25) is 0 Å². The fourth-order valence-electron chi connectivity index (χ4n) is 3.29. The zero-order valence-corrected chi connectivity index (χ0v) is 11.4. The first kappa shape index (κ1) is 14.0. The Bertz CT molecular complexity index is 607. The summed E-state index contributed by atoms with van der Waals surface area (Å²) in [5.41, 5.74) is 0.761. The predicted octanol–water partition coefficient (Wildman–Crippen LogP) is 3.13. The SMILES string of the molecule is C=C[C@H]1CC(C#N)(C#N)[C@H](c2ccccc2C)[C@H]1C=O. The van der Waals surface area contributed by atoms with Crippen LogP contribution in [-0.2, 0) is 4.79 Å². The molecule has 3 nitrogen and oxygen atoms in total. The number of benzene rings is 1. The van der Waals surface area contributed by atoms with Gasteiger partial charge in [-0.1, -0.05) is 30.3 Å². The molecule has 1 saturated carbocycles. The number of rotatable bonds is 3. The maximum absolute atomic E-state index is 11.5. The zero-order valence-electron chi connectivity index (χ0n) is 11.4. The molecule has 0 unspecified atom stereocenters. The molecule has 1 aromatic carbocycles. The number of carbonyl (C=O) groups excluding carboxylic acids is 1. The third-order valence-electron chi connectivity index (χ3n) is 4.35. The van der Waals surface area contributed by atoms with Gasteiger partial charge in [0.15, 0.2) is 5.41 Å². The molecule has 0 aromatic heterocycles. The van der Waals surface area contributed by atoms with Crippen LogP contribution in [0.5, 0.6) is 0 Å². The largest absolute Gasteiger partial charge is 0.303 e. The van der Waals surface area contributed by atoms with Gasteiger partial charge in [-0.05, 0) is 30.4 Å². The fraction of sp³-hybridized carbons (Fsp3) is 0.353. The van der Waals surface area contributed by atoms with E-state index < -0.39 is 5.41 Å². The van der Waals surface area contributed by atoms with E-state index in [0.717, 1.165) is 17.4 Å². The number of aldehydes is 1. The first-order valence-corrected chi connectivity index (χ1v) is 6.59. The van der Waals surface area contributed by atoms with Crippen LogP contribution in [0.25, 0.3) is 0 Å². The van der Waals surface area contributed by atoms with E-state index in [1.807, 2.05) is 31.2 Å². The van der Waals surface area contributed by atoms with Gasteiger partial charge in [0.1, 0.15) is 6.29 Å². The second-order valence-corrected chi connectivity index (χ2v) is 5.35. The molecular weight excluding hydrogens is 248 g/mol. The maximum atomic E-state index is 11.5. The molecule has 0 N–H and O–H groups in total. The molecule has 0 spiro atoms. The third-order valence-corrected chi connectivity index (χ3v) is 4.35. The molecule has 20 heavy (non-hydrogen) atoms. The lowest BCUT2D eigenvalue weighted by atomic mass is 9.72. The molecule has 0 bridgehead atoms. The third kappa shape index (κ3) is 1.92. The average molecular weight is 264 g/mol. The Kier molecular flexibility index (Phi) is 3.72. The zero-order chi connectivity index (χ0) is 14.8. The van der Waals surface area contributed by atoms with Gasteiger partial charge in [-0.3, -0.25) is 0 Å². The molecule has 2 rings (SSSR count). The van der Waals surface area contributed by atoms with Crippen LogP contribution in [0.1, 0.15) is 23.5 Å². The van der Waals surface area contributed by atoms with E-state index >= 15 is 0 Å². The van der Waals surface area contributed by atoms with Crippen LogP contribution in [0.3, 0.4) is 0 Å². The Morgan fingerprint density at radius 1 is 1.35 bits per heavy atom. The number of aryl methyl sites for hydroxylation is 1. The van der Waals surface area contributed by atoms with Crippen molar-refractivity contribution in [3.8, 4) is 12.1 Å². The summed E-state index contributed by atoms with van der Waals surface area (Å²) in [6.45, 7) is 5.69. The summed E-state index contributed by atoms with van der Waals surface area (Å²) in [4.78, 5) is 11.5. The molecule has 1 aliphatic rings. The lowest BCUT2D eigenvalue weighted by Crippen LogP contribution is -2.25. The molecule has 100 valence electrons. The van der Waals surface area contributed by atoms with E-state index in [1.165, 1.54) is 0 Å². The van der Waals surface area contributed by atoms with Gasteiger partial charge in [0, 0.05) is 11.8 Å². The molecular formula is C17H16N2O. The second-order valence-electron chi connectivity index (χ2n) is 5.35. The Morgan fingerprint density at radius 2 is 2.00 bits per heavy atom. The monoisotopic (exact) mass is 264 g/mol. The standard InChI is InChI=1S/C17H16N2O/c1-3-13-8-17(10-18,11-19)16(15(13)9-20)14-7-5-4-6-12(14)2/h3-7,9,13,15-16H,1,8H2,2H3/t13-,15-,16+/m0/s1. The number of carbonyl (C=O) groups is 1. The van der Waals surface area contributed by atoms with Crippen molar-refractivity contribution < 1.29 is 4.79 Å². The van der Waals surface area contributed by atoms with Crippen molar-refractivity contribution in [3.05, 3.63) is 48.0 Å². The lowest BCUT2D eigenvalue weighted by molar-refractivity contribution is -0.112. The van der Waals surface area contributed by atoms with Crippen LogP contribution >= 0.6 is 0 Å². The summed E-state index contributed by atoms with van der Waals surface area (Å²) in [6, 6.07) is 12.0. The normalized spacial score (nSPS) is 27.2. The maximum Gasteiger partial charge on any atom is 0.151 e. The van der Waals surface area contributed by atoms with Crippen molar-refractivity contribution >= 4 is 6.29 Å². The molecule has 3 heteroatoms. The van der Waals surface area contributed by atoms with E-state index in [0.29, 0.717) is 6.42 Å². The molecule has 0 amide bonds. The summed E-state index contributed by atoms with van der Waals surface area (Å²) in [7, 11) is 0. The summed E-state index contributed by atoms with van der Waals surface area (Å²) in [6.07, 6.45) is 2.94. The van der Waals surface area contributed by atoms with E-state index in [1.54, 1.807) is 6.08 Å². The summed E-state index contributed by atoms with van der Waals surface area (Å²) in [5, 5.41) is 19.1. The quantitative estimate of drug-likeness (QED) is 0.622. The molecule has 0 saturated heterocycles. The Labute approximate surface area is 119 Å². The van der Waals surface area contributed by atoms with E-state index in [9.17, 15) is 15.3 Å². The number of allylic oxidation sites excluding steroid dienone is 1. The Morgan fingerprint density at radius 3 is 2.50 bits per heavy atom. The van der Waals surface area contributed by atoms with Crippen molar-refractivity contribution in [2.45, 2.75) is 19.3 Å². The van der Waals surface area contributed by atoms with Crippen molar-refractivity contribution in [2.75, 3.05) is 0 Å². The molecule has 0 heterocycles. The summed E-state index contributed by atoms with van der Waals surface area (Å²) < 4.78 is 0. The molecule has 1 fully saturated rings. The van der Waals surface area contributed by atoms with E-state index in [-0.39, 0.29) is 17.8 Å². The van der Waals surface area contributed by atoms with E-state index in [4.69, 9.17) is 0 Å². The highest BCUT2D eigenvalue weighted by atomic mass is 16.1. The minimum Gasteiger partial charge on any atom is -0.303 e. The van der Waals surface area contributed by atoms with Crippen LogP contribution in [0.15, 0.2) is 36.9 Å². The molecule has 0 radical (unpaired) electrons. The van der Waals surface area contributed by atoms with Gasteiger partial charge in [0.05, 0.1) is 12.1 Å². The minimum atomic E-state index is -1.16. The van der Waals surface area contributed by atoms with Crippen LogP contribution in [0.4, 0.5) is 0 Å². The van der Waals surface area contributed by atoms with Gasteiger partial charge in [-0.2, -0.15) is 10.5 Å². The smallest absolute Gasteiger partial charge is 0.151 e. The van der Waals surface area contributed by atoms with Crippen LogP contribution in [0, 0.1) is 46.8 Å². The number of hydrogen-bond acceptors (Lipinski definition) is 3. The fourth-order valence-corrected chi connectivity index (χ4v) is 3.29. The lowest BCUT2D eigenvalue weighted by Gasteiger charge is -2.25. The summed E-state index contributed by atoms with van der Waals surface area (Å²) >= 11 is 0. The average Bonchev–Trinajstić information content (AvgIpc) is 2.81. The van der Waals surface area contributed by atoms with Gasteiger partial charge >= 0.3 is 0 Å². The Balaban J connectivity index is 2.64. The first-order chi connectivity index (χ1) is 9.63. The van der Waals surface area contributed by atoms with Gasteiger partial charge < -0.3 is 4.79 Å². The topological polar surface area (TPSA) is 64.7 Å². The molecule has 1 aliphatic carbocycles. The van der Waals surface area contributed by atoms with Crippen molar-refractivity contribution in [3.63, 3.8) is 0 Å². The highest BCUT2D eigenvalue weighted by molar-refractivity contribution is 5.61. The number of nitrogens with zero attached hydrogens (tertiary/aromatic N) is 2. The number of hydrogen-bond donors (Lipinski definition) is 0. The van der Waals surface area contributed by atoms with Crippen LogP contribution < -0.4 is 0 Å². The van der Waals surface area contributed by atoms with Crippen molar-refractivity contribution in [2.24, 2.45) is 17.3 Å². The minimum absolute atomic E-state index is 0.128. The molecule has 0 aliphatic heterocycles. The molecule has 3 atom stereocenters. The number of nitriles is 2. The Hall–Kier alpha value is -2.39. The van der Waals surface area contributed by atoms with Gasteiger partial charge in [-0.15, -0.1) is 6.58 Å².